The first-order valence-corrected chi connectivity index (χ1v) is 6.29. The highest BCUT2D eigenvalue weighted by Crippen LogP contribution is 2.17. The highest BCUT2D eigenvalue weighted by atomic mass is 16.5. The lowest BCUT2D eigenvalue weighted by molar-refractivity contribution is 0.0625. The third kappa shape index (κ3) is 2.11. The number of carbonyl (C=O) groups excluding carboxylic acids is 1. The number of aromatic amines is 1. The minimum Gasteiger partial charge on any atom is -0.379 e. The van der Waals surface area contributed by atoms with Crippen molar-refractivity contribution in [2.24, 2.45) is 0 Å². The number of rotatable bonds is 2. The average Bonchev–Trinajstić information content (AvgIpc) is 2.87. The van der Waals surface area contributed by atoms with E-state index in [1.807, 2.05) is 30.5 Å². The predicted molar refractivity (Wildman–Crippen MR) is 69.6 cm³/mol. The topological polar surface area (TPSA) is 54.1 Å². The quantitative estimate of drug-likeness (QED) is 0.849. The summed E-state index contributed by atoms with van der Waals surface area (Å²) in [5.74, 6) is -0.0291. The Bertz CT molecular complexity index is 556. The molecular weight excluding hydrogens is 228 g/mol. The molecule has 0 radical (unpaired) electrons. The Balaban J connectivity index is 1.81. The van der Waals surface area contributed by atoms with Gasteiger partial charge in [0.05, 0.1) is 23.7 Å². The molecule has 3 rings (SSSR count). The van der Waals surface area contributed by atoms with Crippen LogP contribution in [0.5, 0.6) is 0 Å². The van der Waals surface area contributed by atoms with Crippen LogP contribution >= 0.6 is 0 Å². The second-order valence-electron chi connectivity index (χ2n) is 4.63. The number of amides is 1. The van der Waals surface area contributed by atoms with E-state index in [-0.39, 0.29) is 11.9 Å². The van der Waals surface area contributed by atoms with Crippen molar-refractivity contribution in [3.8, 4) is 0 Å². The van der Waals surface area contributed by atoms with Gasteiger partial charge in [0, 0.05) is 18.2 Å². The molecule has 1 aliphatic heterocycles. The van der Waals surface area contributed by atoms with Crippen LogP contribution in [0, 0.1) is 0 Å². The Labute approximate surface area is 105 Å². The monoisotopic (exact) mass is 244 g/mol. The van der Waals surface area contributed by atoms with Gasteiger partial charge in [-0.25, -0.2) is 0 Å². The van der Waals surface area contributed by atoms with Gasteiger partial charge in [-0.15, -0.1) is 0 Å². The first-order chi connectivity index (χ1) is 8.84. The summed E-state index contributed by atoms with van der Waals surface area (Å²) in [4.78, 5) is 15.4. The van der Waals surface area contributed by atoms with Crippen molar-refractivity contribution in [1.82, 2.24) is 10.3 Å². The van der Waals surface area contributed by atoms with Crippen molar-refractivity contribution in [1.29, 1.82) is 0 Å². The molecule has 0 bridgehead atoms. The van der Waals surface area contributed by atoms with Crippen LogP contribution in [0.4, 0.5) is 0 Å². The fourth-order valence-corrected chi connectivity index (χ4v) is 2.39. The first-order valence-electron chi connectivity index (χ1n) is 6.29. The van der Waals surface area contributed by atoms with Crippen molar-refractivity contribution < 1.29 is 9.53 Å². The smallest absolute Gasteiger partial charge is 0.253 e. The lowest BCUT2D eigenvalue weighted by Crippen LogP contribution is -2.40. The maximum atomic E-state index is 12.2. The molecule has 1 amide bonds. The summed E-state index contributed by atoms with van der Waals surface area (Å²) in [5.41, 5.74) is 1.59. The van der Waals surface area contributed by atoms with Crippen molar-refractivity contribution >= 4 is 16.8 Å². The first kappa shape index (κ1) is 11.3. The Morgan fingerprint density at radius 2 is 2.33 bits per heavy atom. The minimum atomic E-state index is -0.0291. The Morgan fingerprint density at radius 1 is 1.39 bits per heavy atom. The van der Waals surface area contributed by atoms with Gasteiger partial charge >= 0.3 is 0 Å². The number of hydrogen-bond donors (Lipinski definition) is 2. The SMILES string of the molecule is O=C(NC1CCCOC1)c1cccc2cc[nH]c12. The number of ether oxygens (including phenoxy) is 1. The van der Waals surface area contributed by atoms with E-state index in [1.165, 1.54) is 0 Å². The highest BCUT2D eigenvalue weighted by Gasteiger charge is 2.18. The standard InChI is InChI=1S/C14H16N2O2/c17-14(16-11-4-2-8-18-9-11)12-5-1-3-10-6-7-15-13(10)12/h1,3,5-7,11,15H,2,4,8-9H2,(H,16,17). The molecule has 1 atom stereocenters. The van der Waals surface area contributed by atoms with Crippen LogP contribution in [0.2, 0.25) is 0 Å². The van der Waals surface area contributed by atoms with E-state index >= 15 is 0 Å². The third-order valence-electron chi connectivity index (χ3n) is 3.33. The summed E-state index contributed by atoms with van der Waals surface area (Å²) in [7, 11) is 0. The summed E-state index contributed by atoms with van der Waals surface area (Å²) >= 11 is 0. The molecule has 1 fully saturated rings. The lowest BCUT2D eigenvalue weighted by atomic mass is 10.1. The van der Waals surface area contributed by atoms with Crippen molar-refractivity contribution in [3.63, 3.8) is 0 Å². The van der Waals surface area contributed by atoms with Crippen molar-refractivity contribution in [2.45, 2.75) is 18.9 Å². The van der Waals surface area contributed by atoms with Gasteiger partial charge in [0.25, 0.3) is 5.91 Å². The summed E-state index contributed by atoms with van der Waals surface area (Å²) in [6, 6.07) is 7.85. The molecule has 0 aliphatic carbocycles. The number of carbonyl (C=O) groups is 1. The van der Waals surface area contributed by atoms with Gasteiger partial charge in [-0.2, -0.15) is 0 Å². The summed E-state index contributed by atoms with van der Waals surface area (Å²) < 4.78 is 5.37. The number of para-hydroxylation sites is 1. The van der Waals surface area contributed by atoms with E-state index in [9.17, 15) is 4.79 Å². The summed E-state index contributed by atoms with van der Waals surface area (Å²) in [6.45, 7) is 1.42. The molecule has 18 heavy (non-hydrogen) atoms. The molecular formula is C14H16N2O2. The zero-order chi connectivity index (χ0) is 12.4. The highest BCUT2D eigenvalue weighted by molar-refractivity contribution is 6.05. The number of H-pyrrole nitrogens is 1. The number of aromatic nitrogens is 1. The van der Waals surface area contributed by atoms with E-state index < -0.39 is 0 Å². The number of nitrogens with one attached hydrogen (secondary N) is 2. The molecule has 2 aromatic rings. The van der Waals surface area contributed by atoms with Crippen LogP contribution in [0.3, 0.4) is 0 Å². The molecule has 2 N–H and O–H groups in total. The van der Waals surface area contributed by atoms with Crippen LogP contribution in [0.15, 0.2) is 30.5 Å². The van der Waals surface area contributed by atoms with Gasteiger partial charge in [0.2, 0.25) is 0 Å². The molecule has 1 aromatic heterocycles. The fourth-order valence-electron chi connectivity index (χ4n) is 2.39. The molecule has 4 heteroatoms. The van der Waals surface area contributed by atoms with Gasteiger partial charge in [0.1, 0.15) is 0 Å². The molecule has 1 aliphatic rings. The predicted octanol–water partition coefficient (Wildman–Crippen LogP) is 2.08. The largest absolute Gasteiger partial charge is 0.379 e. The van der Waals surface area contributed by atoms with Crippen LogP contribution in [-0.4, -0.2) is 30.1 Å². The van der Waals surface area contributed by atoms with Gasteiger partial charge in [0.15, 0.2) is 0 Å². The van der Waals surface area contributed by atoms with Gasteiger partial charge < -0.3 is 15.0 Å². The molecule has 94 valence electrons. The second-order valence-corrected chi connectivity index (χ2v) is 4.63. The van der Waals surface area contributed by atoms with Crippen LogP contribution in [-0.2, 0) is 4.74 Å². The molecule has 1 saturated heterocycles. The van der Waals surface area contributed by atoms with E-state index in [0.717, 1.165) is 30.4 Å². The Kier molecular flexibility index (Phi) is 3.02. The van der Waals surface area contributed by atoms with E-state index in [4.69, 9.17) is 4.74 Å². The van der Waals surface area contributed by atoms with Crippen molar-refractivity contribution in [3.05, 3.63) is 36.0 Å². The van der Waals surface area contributed by atoms with E-state index in [2.05, 4.69) is 10.3 Å². The Morgan fingerprint density at radius 3 is 3.17 bits per heavy atom. The van der Waals surface area contributed by atoms with E-state index in [0.29, 0.717) is 12.2 Å². The molecule has 1 unspecified atom stereocenters. The summed E-state index contributed by atoms with van der Waals surface area (Å²) in [5, 5.41) is 4.09. The van der Waals surface area contributed by atoms with Crippen LogP contribution < -0.4 is 5.32 Å². The van der Waals surface area contributed by atoms with Crippen molar-refractivity contribution in [2.75, 3.05) is 13.2 Å². The minimum absolute atomic E-state index is 0.0291. The molecule has 0 saturated carbocycles. The fraction of sp³-hybridized carbons (Fsp3) is 0.357. The average molecular weight is 244 g/mol. The maximum absolute atomic E-state index is 12.2. The normalized spacial score (nSPS) is 19.9. The number of hydrogen-bond acceptors (Lipinski definition) is 2. The second kappa shape index (κ2) is 4.82. The Hall–Kier alpha value is -1.81. The lowest BCUT2D eigenvalue weighted by Gasteiger charge is -2.23. The van der Waals surface area contributed by atoms with Gasteiger partial charge in [-0.05, 0) is 25.0 Å². The van der Waals surface area contributed by atoms with Crippen LogP contribution in [0.1, 0.15) is 23.2 Å². The molecule has 0 spiro atoms. The zero-order valence-corrected chi connectivity index (χ0v) is 10.1. The molecule has 1 aromatic carbocycles. The number of fused-ring (bicyclic) bond motifs is 1. The summed E-state index contributed by atoms with van der Waals surface area (Å²) in [6.07, 6.45) is 3.86. The third-order valence-corrected chi connectivity index (χ3v) is 3.33. The van der Waals surface area contributed by atoms with Gasteiger partial charge in [-0.1, -0.05) is 12.1 Å². The molecule has 4 nitrogen and oxygen atoms in total. The number of benzene rings is 1. The maximum Gasteiger partial charge on any atom is 0.253 e. The zero-order valence-electron chi connectivity index (χ0n) is 10.1. The van der Waals surface area contributed by atoms with Gasteiger partial charge in [-0.3, -0.25) is 4.79 Å². The van der Waals surface area contributed by atoms with E-state index in [1.54, 1.807) is 0 Å². The van der Waals surface area contributed by atoms with Crippen LogP contribution in [0.25, 0.3) is 10.9 Å². The molecule has 2 heterocycles.